The largest absolute Gasteiger partial charge is 0.493 e. The number of hydrogen-bond acceptors (Lipinski definition) is 4. The molecule has 2 rings (SSSR count). The molecule has 0 aliphatic carbocycles. The SMILES string of the molecule is COc1cccc(C=NN=C(N)N)c1OCc1cccc(C(F)(F)F)c1. The minimum atomic E-state index is -4.42. The van der Waals surface area contributed by atoms with E-state index >= 15 is 0 Å². The van der Waals surface area contributed by atoms with E-state index in [1.54, 1.807) is 18.2 Å². The highest BCUT2D eigenvalue weighted by Crippen LogP contribution is 2.32. The van der Waals surface area contributed by atoms with E-state index in [0.29, 0.717) is 22.6 Å². The second-order valence-corrected chi connectivity index (χ2v) is 5.13. The van der Waals surface area contributed by atoms with E-state index in [1.165, 1.54) is 25.5 Å². The first-order chi connectivity index (χ1) is 12.3. The van der Waals surface area contributed by atoms with Crippen LogP contribution in [0.15, 0.2) is 52.7 Å². The van der Waals surface area contributed by atoms with Crippen LogP contribution < -0.4 is 20.9 Å². The van der Waals surface area contributed by atoms with Crippen molar-refractivity contribution in [3.8, 4) is 11.5 Å². The number of halogens is 3. The molecule has 0 saturated heterocycles. The molecule has 0 heterocycles. The van der Waals surface area contributed by atoms with Crippen molar-refractivity contribution in [2.75, 3.05) is 7.11 Å². The zero-order valence-corrected chi connectivity index (χ0v) is 13.8. The highest BCUT2D eigenvalue weighted by atomic mass is 19.4. The standard InChI is InChI=1S/C17H17F3N4O2/c1-25-14-7-3-5-12(9-23-24-16(21)22)15(14)26-10-11-4-2-6-13(8-11)17(18,19)20/h2-9H,10H2,1H3,(H4,21,22,24). The zero-order chi connectivity index (χ0) is 19.2. The van der Waals surface area contributed by atoms with Crippen molar-refractivity contribution in [2.45, 2.75) is 12.8 Å². The molecule has 138 valence electrons. The van der Waals surface area contributed by atoms with Crippen molar-refractivity contribution in [3.63, 3.8) is 0 Å². The minimum Gasteiger partial charge on any atom is -0.493 e. The number of benzene rings is 2. The summed E-state index contributed by atoms with van der Waals surface area (Å²) in [5.74, 6) is 0.489. The quantitative estimate of drug-likeness (QED) is 0.467. The predicted octanol–water partition coefficient (Wildman–Crippen LogP) is 2.90. The van der Waals surface area contributed by atoms with Crippen LogP contribution >= 0.6 is 0 Å². The van der Waals surface area contributed by atoms with Crippen molar-refractivity contribution in [2.24, 2.45) is 21.7 Å². The van der Waals surface area contributed by atoms with E-state index in [-0.39, 0.29) is 12.6 Å². The molecule has 9 heteroatoms. The van der Waals surface area contributed by atoms with E-state index in [1.807, 2.05) is 0 Å². The summed E-state index contributed by atoms with van der Waals surface area (Å²) in [7, 11) is 1.45. The third kappa shape index (κ3) is 5.13. The Morgan fingerprint density at radius 2 is 1.88 bits per heavy atom. The smallest absolute Gasteiger partial charge is 0.416 e. The maximum Gasteiger partial charge on any atom is 0.416 e. The zero-order valence-electron chi connectivity index (χ0n) is 13.8. The number of alkyl halides is 3. The number of para-hydroxylation sites is 1. The van der Waals surface area contributed by atoms with Gasteiger partial charge in [-0.1, -0.05) is 18.2 Å². The molecule has 0 atom stereocenters. The highest BCUT2D eigenvalue weighted by molar-refractivity contribution is 5.86. The summed E-state index contributed by atoms with van der Waals surface area (Å²) in [6, 6.07) is 9.92. The molecule has 0 unspecified atom stereocenters. The van der Waals surface area contributed by atoms with Crippen molar-refractivity contribution < 1.29 is 22.6 Å². The lowest BCUT2D eigenvalue weighted by atomic mass is 10.1. The van der Waals surface area contributed by atoms with Crippen molar-refractivity contribution in [1.29, 1.82) is 0 Å². The summed E-state index contributed by atoms with van der Waals surface area (Å²) in [6.07, 6.45) is -3.07. The van der Waals surface area contributed by atoms with Crippen LogP contribution in [0, 0.1) is 0 Å². The second-order valence-electron chi connectivity index (χ2n) is 5.13. The molecular weight excluding hydrogens is 349 g/mol. The van der Waals surface area contributed by atoms with E-state index in [0.717, 1.165) is 12.1 Å². The van der Waals surface area contributed by atoms with Gasteiger partial charge in [0, 0.05) is 5.56 Å². The fourth-order valence-electron chi connectivity index (χ4n) is 2.10. The van der Waals surface area contributed by atoms with Gasteiger partial charge in [-0.05, 0) is 29.8 Å². The van der Waals surface area contributed by atoms with Gasteiger partial charge >= 0.3 is 6.18 Å². The Hall–Kier alpha value is -3.23. The monoisotopic (exact) mass is 366 g/mol. The number of nitrogens with two attached hydrogens (primary N) is 2. The molecular formula is C17H17F3N4O2. The molecule has 0 amide bonds. The molecule has 6 nitrogen and oxygen atoms in total. The Kier molecular flexibility index (Phi) is 6.05. The van der Waals surface area contributed by atoms with Gasteiger partial charge in [0.15, 0.2) is 11.5 Å². The van der Waals surface area contributed by atoms with Gasteiger partial charge in [-0.3, -0.25) is 0 Å². The third-order valence-corrected chi connectivity index (χ3v) is 3.24. The maximum atomic E-state index is 12.8. The summed E-state index contributed by atoms with van der Waals surface area (Å²) in [5, 5.41) is 7.20. The number of hydrogen-bond donors (Lipinski definition) is 2. The van der Waals surface area contributed by atoms with Crippen LogP contribution in [0.2, 0.25) is 0 Å². The first-order valence-corrected chi connectivity index (χ1v) is 7.39. The fraction of sp³-hybridized carbons (Fsp3) is 0.176. The number of guanidine groups is 1. The van der Waals surface area contributed by atoms with Gasteiger partial charge in [0.05, 0.1) is 18.9 Å². The Balaban J connectivity index is 2.26. The van der Waals surface area contributed by atoms with E-state index < -0.39 is 11.7 Å². The Morgan fingerprint density at radius 3 is 2.54 bits per heavy atom. The van der Waals surface area contributed by atoms with Gasteiger partial charge in [-0.15, -0.1) is 5.10 Å². The van der Waals surface area contributed by atoms with Crippen molar-refractivity contribution in [1.82, 2.24) is 0 Å². The third-order valence-electron chi connectivity index (χ3n) is 3.24. The molecule has 0 saturated carbocycles. The van der Waals surface area contributed by atoms with Crippen LogP contribution in [0.25, 0.3) is 0 Å². The van der Waals surface area contributed by atoms with Gasteiger partial charge in [-0.2, -0.15) is 18.3 Å². The summed E-state index contributed by atoms with van der Waals surface area (Å²) >= 11 is 0. The average molecular weight is 366 g/mol. The van der Waals surface area contributed by atoms with Crippen molar-refractivity contribution in [3.05, 3.63) is 59.2 Å². The molecule has 2 aromatic rings. The number of rotatable bonds is 6. The van der Waals surface area contributed by atoms with Crippen LogP contribution in [0.3, 0.4) is 0 Å². The summed E-state index contributed by atoms with van der Waals surface area (Å²) in [5.41, 5.74) is 10.5. The van der Waals surface area contributed by atoms with Crippen LogP contribution in [0.4, 0.5) is 13.2 Å². The number of ether oxygens (including phenoxy) is 2. The molecule has 0 aliphatic heterocycles. The molecule has 0 radical (unpaired) electrons. The lowest BCUT2D eigenvalue weighted by Gasteiger charge is -2.14. The van der Waals surface area contributed by atoms with E-state index in [2.05, 4.69) is 10.2 Å². The lowest BCUT2D eigenvalue weighted by molar-refractivity contribution is -0.137. The number of methoxy groups -OCH3 is 1. The summed E-state index contributed by atoms with van der Waals surface area (Å²) in [6.45, 7) is -0.0899. The molecule has 2 aromatic carbocycles. The molecule has 26 heavy (non-hydrogen) atoms. The van der Waals surface area contributed by atoms with Crippen LogP contribution in [-0.4, -0.2) is 19.3 Å². The first-order valence-electron chi connectivity index (χ1n) is 7.39. The minimum absolute atomic E-state index is 0.0899. The van der Waals surface area contributed by atoms with Crippen molar-refractivity contribution >= 4 is 12.2 Å². The average Bonchev–Trinajstić information content (AvgIpc) is 2.59. The normalized spacial score (nSPS) is 11.4. The van der Waals surface area contributed by atoms with Crippen LogP contribution in [0.1, 0.15) is 16.7 Å². The Morgan fingerprint density at radius 1 is 1.15 bits per heavy atom. The van der Waals surface area contributed by atoms with E-state index in [9.17, 15) is 13.2 Å². The lowest BCUT2D eigenvalue weighted by Crippen LogP contribution is -2.21. The summed E-state index contributed by atoms with van der Waals surface area (Å²) in [4.78, 5) is 0. The molecule has 0 bridgehead atoms. The summed E-state index contributed by atoms with van der Waals surface area (Å²) < 4.78 is 49.3. The Labute approximate surface area is 147 Å². The molecule has 0 aromatic heterocycles. The molecule has 0 spiro atoms. The second kappa shape index (κ2) is 8.24. The molecule has 0 fully saturated rings. The topological polar surface area (TPSA) is 95.2 Å². The first kappa shape index (κ1) is 19.1. The number of nitrogens with zero attached hydrogens (tertiary/aromatic N) is 2. The Bertz CT molecular complexity index is 816. The van der Waals surface area contributed by atoms with Crippen LogP contribution in [-0.2, 0) is 12.8 Å². The molecule has 0 aliphatic rings. The fourth-order valence-corrected chi connectivity index (χ4v) is 2.10. The molecule has 4 N–H and O–H groups in total. The van der Waals surface area contributed by atoms with Gasteiger partial charge < -0.3 is 20.9 Å². The predicted molar refractivity (Wildman–Crippen MR) is 92.2 cm³/mol. The van der Waals surface area contributed by atoms with Gasteiger partial charge in [0.2, 0.25) is 5.96 Å². The van der Waals surface area contributed by atoms with Crippen LogP contribution in [0.5, 0.6) is 11.5 Å². The highest BCUT2D eigenvalue weighted by Gasteiger charge is 2.30. The van der Waals surface area contributed by atoms with Gasteiger partial charge in [0.1, 0.15) is 6.61 Å². The maximum absolute atomic E-state index is 12.8. The van der Waals surface area contributed by atoms with E-state index in [4.69, 9.17) is 20.9 Å². The van der Waals surface area contributed by atoms with Gasteiger partial charge in [0.25, 0.3) is 0 Å². The van der Waals surface area contributed by atoms with Gasteiger partial charge in [-0.25, -0.2) is 0 Å².